The van der Waals surface area contributed by atoms with Crippen LogP contribution in [0.1, 0.15) is 57.9 Å². The van der Waals surface area contributed by atoms with Crippen molar-refractivity contribution in [1.82, 2.24) is 5.32 Å². The van der Waals surface area contributed by atoms with Gasteiger partial charge in [-0.25, -0.2) is 4.79 Å². The summed E-state index contributed by atoms with van der Waals surface area (Å²) in [6.45, 7) is 4.13. The largest absolute Gasteiger partial charge is 0.445 e. The van der Waals surface area contributed by atoms with Gasteiger partial charge in [0.2, 0.25) is 0 Å². The van der Waals surface area contributed by atoms with Crippen LogP contribution in [0.4, 0.5) is 4.79 Å². The lowest BCUT2D eigenvalue weighted by molar-refractivity contribution is -0.116. The number of carbonyl (C=O) groups is 3. The Morgan fingerprint density at radius 1 is 1.04 bits per heavy atom. The van der Waals surface area contributed by atoms with Gasteiger partial charge in [-0.05, 0) is 43.9 Å². The summed E-state index contributed by atoms with van der Waals surface area (Å²) < 4.78 is 5.16. The van der Waals surface area contributed by atoms with Gasteiger partial charge in [0.1, 0.15) is 6.61 Å². The minimum absolute atomic E-state index is 0.00334. The highest BCUT2D eigenvalue weighted by molar-refractivity contribution is 5.98. The molecule has 0 unspecified atom stereocenters. The fraction of sp³-hybridized carbons (Fsp3) is 0.476. The smallest absolute Gasteiger partial charge is 0.407 e. The molecule has 0 radical (unpaired) electrons. The van der Waals surface area contributed by atoms with Crippen LogP contribution in [-0.2, 0) is 20.9 Å². The lowest BCUT2D eigenvalue weighted by atomic mass is 10.1. The zero-order valence-electron chi connectivity index (χ0n) is 15.7. The predicted octanol–water partition coefficient (Wildman–Crippen LogP) is 4.36. The number of ether oxygens (including phenoxy) is 1. The number of carbonyl (C=O) groups excluding carboxylic acids is 3. The van der Waals surface area contributed by atoms with E-state index in [2.05, 4.69) is 5.32 Å². The number of unbranched alkanes of at least 4 members (excludes halogenated alkanes) is 1. The molecular formula is C21H29NO4. The van der Waals surface area contributed by atoms with Gasteiger partial charge in [0.05, 0.1) is 0 Å². The van der Waals surface area contributed by atoms with Gasteiger partial charge in [-0.3, -0.25) is 9.59 Å². The van der Waals surface area contributed by atoms with Crippen molar-refractivity contribution in [3.05, 3.63) is 48.0 Å². The molecule has 0 saturated heterocycles. The van der Waals surface area contributed by atoms with E-state index in [9.17, 15) is 14.4 Å². The second-order valence-electron chi connectivity index (χ2n) is 6.37. The second kappa shape index (κ2) is 12.9. The van der Waals surface area contributed by atoms with Crippen molar-refractivity contribution in [1.29, 1.82) is 0 Å². The molecule has 0 bridgehead atoms. The Hall–Kier alpha value is -2.43. The van der Waals surface area contributed by atoms with Crippen molar-refractivity contribution in [2.75, 3.05) is 0 Å². The lowest BCUT2D eigenvalue weighted by Crippen LogP contribution is -2.33. The quantitative estimate of drug-likeness (QED) is 0.563. The number of hydrogen-bond acceptors (Lipinski definition) is 4. The predicted molar refractivity (Wildman–Crippen MR) is 102 cm³/mol. The van der Waals surface area contributed by atoms with Crippen LogP contribution in [-0.4, -0.2) is 23.7 Å². The van der Waals surface area contributed by atoms with Crippen molar-refractivity contribution in [3.63, 3.8) is 0 Å². The number of nitrogens with one attached hydrogen (secondary N) is 1. The lowest BCUT2D eigenvalue weighted by Gasteiger charge is -2.13. The molecule has 0 aliphatic carbocycles. The van der Waals surface area contributed by atoms with E-state index in [1.165, 1.54) is 12.2 Å². The number of hydrogen-bond donors (Lipinski definition) is 1. The SMILES string of the molecule is CCCCC(=O)/C=C\C(=O)CCC[C@@H](C)NC(=O)OCc1ccccc1. The van der Waals surface area contributed by atoms with Crippen molar-refractivity contribution >= 4 is 17.7 Å². The molecule has 5 heteroatoms. The number of alkyl carbamates (subject to hydrolysis) is 1. The first-order valence-corrected chi connectivity index (χ1v) is 9.22. The van der Waals surface area contributed by atoms with E-state index >= 15 is 0 Å². The van der Waals surface area contributed by atoms with Crippen molar-refractivity contribution in [3.8, 4) is 0 Å². The molecule has 1 N–H and O–H groups in total. The average Bonchev–Trinajstić information content (AvgIpc) is 2.63. The molecule has 1 atom stereocenters. The van der Waals surface area contributed by atoms with Gasteiger partial charge < -0.3 is 10.1 Å². The highest BCUT2D eigenvalue weighted by Crippen LogP contribution is 2.05. The fourth-order valence-corrected chi connectivity index (χ4v) is 2.32. The van der Waals surface area contributed by atoms with Gasteiger partial charge >= 0.3 is 6.09 Å². The molecule has 0 aromatic heterocycles. The molecule has 0 aliphatic rings. The Morgan fingerprint density at radius 2 is 1.65 bits per heavy atom. The van der Waals surface area contributed by atoms with E-state index in [-0.39, 0.29) is 24.2 Å². The molecule has 0 fully saturated rings. The maximum absolute atomic E-state index is 11.7. The number of rotatable bonds is 12. The average molecular weight is 359 g/mol. The second-order valence-corrected chi connectivity index (χ2v) is 6.37. The van der Waals surface area contributed by atoms with Crippen LogP contribution in [0.15, 0.2) is 42.5 Å². The number of benzene rings is 1. The van der Waals surface area contributed by atoms with Crippen LogP contribution >= 0.6 is 0 Å². The Kier molecular flexibility index (Phi) is 10.7. The first kappa shape index (κ1) is 21.6. The minimum Gasteiger partial charge on any atom is -0.445 e. The van der Waals surface area contributed by atoms with Crippen molar-refractivity contribution < 1.29 is 19.1 Å². The fourth-order valence-electron chi connectivity index (χ4n) is 2.32. The van der Waals surface area contributed by atoms with Crippen LogP contribution in [0.25, 0.3) is 0 Å². The summed E-state index contributed by atoms with van der Waals surface area (Å²) in [6.07, 6.45) is 6.26. The van der Waals surface area contributed by atoms with E-state index in [0.717, 1.165) is 18.4 Å². The molecule has 0 saturated carbocycles. The Balaban J connectivity index is 2.16. The van der Waals surface area contributed by atoms with E-state index in [1.54, 1.807) is 0 Å². The molecule has 0 aliphatic heterocycles. The Morgan fingerprint density at radius 3 is 2.27 bits per heavy atom. The first-order valence-electron chi connectivity index (χ1n) is 9.22. The third-order valence-electron chi connectivity index (χ3n) is 3.87. The summed E-state index contributed by atoms with van der Waals surface area (Å²) in [7, 11) is 0. The molecule has 1 rings (SSSR count). The van der Waals surface area contributed by atoms with Crippen LogP contribution < -0.4 is 5.32 Å². The number of allylic oxidation sites excluding steroid dienone is 2. The highest BCUT2D eigenvalue weighted by Gasteiger charge is 2.09. The molecule has 5 nitrogen and oxygen atoms in total. The topological polar surface area (TPSA) is 72.5 Å². The monoisotopic (exact) mass is 359 g/mol. The van der Waals surface area contributed by atoms with Gasteiger partial charge in [0.25, 0.3) is 0 Å². The van der Waals surface area contributed by atoms with Gasteiger partial charge in [-0.15, -0.1) is 0 Å². The van der Waals surface area contributed by atoms with Crippen molar-refractivity contribution in [2.45, 2.75) is 65.0 Å². The van der Waals surface area contributed by atoms with Crippen LogP contribution in [0, 0.1) is 0 Å². The van der Waals surface area contributed by atoms with E-state index in [4.69, 9.17) is 4.74 Å². The summed E-state index contributed by atoms with van der Waals surface area (Å²) >= 11 is 0. The van der Waals surface area contributed by atoms with Crippen LogP contribution in [0.3, 0.4) is 0 Å². The third kappa shape index (κ3) is 10.4. The van der Waals surface area contributed by atoms with Crippen LogP contribution in [0.2, 0.25) is 0 Å². The number of ketones is 2. The molecule has 1 aromatic rings. The first-order chi connectivity index (χ1) is 12.5. The normalized spacial score (nSPS) is 11.9. The van der Waals surface area contributed by atoms with Gasteiger partial charge in [0.15, 0.2) is 11.6 Å². The maximum atomic E-state index is 11.7. The molecule has 26 heavy (non-hydrogen) atoms. The molecule has 0 spiro atoms. The van der Waals surface area contributed by atoms with Gasteiger partial charge in [-0.1, -0.05) is 43.7 Å². The van der Waals surface area contributed by atoms with Gasteiger partial charge in [0, 0.05) is 18.9 Å². The molecule has 1 aromatic carbocycles. The van der Waals surface area contributed by atoms with E-state index in [0.29, 0.717) is 25.7 Å². The highest BCUT2D eigenvalue weighted by atomic mass is 16.5. The third-order valence-corrected chi connectivity index (χ3v) is 3.87. The van der Waals surface area contributed by atoms with Crippen molar-refractivity contribution in [2.24, 2.45) is 0 Å². The minimum atomic E-state index is -0.464. The summed E-state index contributed by atoms with van der Waals surface area (Å²) in [6, 6.07) is 9.39. The summed E-state index contributed by atoms with van der Waals surface area (Å²) in [5, 5.41) is 2.75. The standard InChI is InChI=1S/C21H29NO4/c1-3-4-12-19(23)14-15-20(24)13-8-9-17(2)22-21(25)26-16-18-10-6-5-7-11-18/h5-7,10-11,14-15,17H,3-4,8-9,12-13,16H2,1-2H3,(H,22,25)/b15-14-/t17-/m1/s1. The Bertz CT molecular complexity index is 595. The molecule has 142 valence electrons. The summed E-state index contributed by atoms with van der Waals surface area (Å²) in [5.74, 6) is -0.0647. The molecule has 1 amide bonds. The zero-order valence-corrected chi connectivity index (χ0v) is 15.7. The van der Waals surface area contributed by atoms with E-state index in [1.807, 2.05) is 44.2 Å². The molecular weight excluding hydrogens is 330 g/mol. The van der Waals surface area contributed by atoms with Gasteiger partial charge in [-0.2, -0.15) is 0 Å². The Labute approximate surface area is 155 Å². The number of amides is 1. The summed E-state index contributed by atoms with van der Waals surface area (Å²) in [5.41, 5.74) is 0.932. The maximum Gasteiger partial charge on any atom is 0.407 e. The van der Waals surface area contributed by atoms with E-state index < -0.39 is 6.09 Å². The zero-order chi connectivity index (χ0) is 19.2. The summed E-state index contributed by atoms with van der Waals surface area (Å²) in [4.78, 5) is 34.9. The molecule has 0 heterocycles. The van der Waals surface area contributed by atoms with Crippen LogP contribution in [0.5, 0.6) is 0 Å².